The van der Waals surface area contributed by atoms with E-state index in [9.17, 15) is 4.79 Å². The van der Waals surface area contributed by atoms with Crippen LogP contribution in [0.5, 0.6) is 11.5 Å². The molecule has 0 spiro atoms. The van der Waals surface area contributed by atoms with Crippen LogP contribution in [0, 0.1) is 0 Å². The normalized spacial score (nSPS) is 15.6. The number of amides is 2. The minimum absolute atomic E-state index is 0.0989. The highest BCUT2D eigenvalue weighted by Gasteiger charge is 2.23. The van der Waals surface area contributed by atoms with E-state index < -0.39 is 0 Å². The van der Waals surface area contributed by atoms with E-state index >= 15 is 0 Å². The Morgan fingerprint density at radius 1 is 0.962 bits per heavy atom. The maximum Gasteiger partial charge on any atom is 0.322 e. The first-order chi connectivity index (χ1) is 12.8. The van der Waals surface area contributed by atoms with Crippen LogP contribution in [0.25, 0.3) is 10.9 Å². The third-order valence-corrected chi connectivity index (χ3v) is 4.92. The fraction of sp³-hybridized carbons (Fsp3) is 0.250. The third kappa shape index (κ3) is 2.54. The third-order valence-electron chi connectivity index (χ3n) is 4.92. The molecule has 0 radical (unpaired) electrons. The molecule has 26 heavy (non-hydrogen) atoms. The number of aromatic nitrogens is 1. The number of nitrogens with zero attached hydrogens (tertiary/aromatic N) is 2. The summed E-state index contributed by atoms with van der Waals surface area (Å²) in [4.78, 5) is 14.5. The lowest BCUT2D eigenvalue weighted by atomic mass is 10.2. The summed E-state index contributed by atoms with van der Waals surface area (Å²) in [5.74, 6) is 1.39. The number of carbonyl (C=O) groups is 1. The van der Waals surface area contributed by atoms with Crippen molar-refractivity contribution in [2.24, 2.45) is 0 Å². The molecule has 0 fully saturated rings. The second-order valence-corrected chi connectivity index (χ2v) is 6.56. The molecule has 0 aliphatic carbocycles. The van der Waals surface area contributed by atoms with Crippen LogP contribution in [0.4, 0.5) is 10.5 Å². The van der Waals surface area contributed by atoms with Crippen LogP contribution in [0.2, 0.25) is 0 Å². The van der Waals surface area contributed by atoms with Gasteiger partial charge in [0.1, 0.15) is 13.2 Å². The van der Waals surface area contributed by atoms with Crippen LogP contribution in [0.1, 0.15) is 5.69 Å². The highest BCUT2D eigenvalue weighted by Crippen LogP contribution is 2.33. The van der Waals surface area contributed by atoms with E-state index in [-0.39, 0.29) is 6.03 Å². The van der Waals surface area contributed by atoms with E-state index in [0.717, 1.165) is 18.0 Å². The SMILES string of the molecule is O=C(Nc1ccc2c(c1)OCCO2)N1CCn2c(cc3ccccc32)C1. The molecule has 5 rings (SSSR count). The van der Waals surface area contributed by atoms with Crippen molar-refractivity contribution in [3.8, 4) is 11.5 Å². The molecule has 2 aromatic carbocycles. The molecule has 3 aromatic rings. The molecule has 2 aliphatic rings. The number of fused-ring (bicyclic) bond motifs is 4. The van der Waals surface area contributed by atoms with Crippen molar-refractivity contribution in [3.63, 3.8) is 0 Å². The number of rotatable bonds is 1. The predicted octanol–water partition coefficient (Wildman–Crippen LogP) is 3.46. The first-order valence-electron chi connectivity index (χ1n) is 8.81. The highest BCUT2D eigenvalue weighted by atomic mass is 16.6. The standard InChI is InChI=1S/C20H19N3O3/c24-20(21-15-5-6-18-19(12-15)26-10-9-25-18)22-7-8-23-16(13-22)11-14-3-1-2-4-17(14)23/h1-6,11-12H,7-10,13H2,(H,21,24). The highest BCUT2D eigenvalue weighted by molar-refractivity contribution is 5.90. The van der Waals surface area contributed by atoms with Crippen LogP contribution in [0.3, 0.4) is 0 Å². The Bertz CT molecular complexity index is 995. The van der Waals surface area contributed by atoms with E-state index in [1.165, 1.54) is 10.9 Å². The molecule has 0 saturated heterocycles. The van der Waals surface area contributed by atoms with Gasteiger partial charge in [-0.2, -0.15) is 0 Å². The van der Waals surface area contributed by atoms with Crippen molar-refractivity contribution < 1.29 is 14.3 Å². The van der Waals surface area contributed by atoms with Crippen molar-refractivity contribution in [1.29, 1.82) is 0 Å². The Morgan fingerprint density at radius 2 is 1.81 bits per heavy atom. The smallest absolute Gasteiger partial charge is 0.322 e. The lowest BCUT2D eigenvalue weighted by molar-refractivity contribution is 0.171. The zero-order valence-electron chi connectivity index (χ0n) is 14.3. The minimum Gasteiger partial charge on any atom is -0.486 e. The molecule has 6 heteroatoms. The summed E-state index contributed by atoms with van der Waals surface area (Å²) < 4.78 is 13.4. The number of hydrogen-bond donors (Lipinski definition) is 1. The second kappa shape index (κ2) is 5.98. The van der Waals surface area contributed by atoms with Gasteiger partial charge in [-0.05, 0) is 29.7 Å². The lowest BCUT2D eigenvalue weighted by Crippen LogP contribution is -2.40. The van der Waals surface area contributed by atoms with E-state index in [4.69, 9.17) is 9.47 Å². The van der Waals surface area contributed by atoms with Gasteiger partial charge in [-0.3, -0.25) is 0 Å². The fourth-order valence-corrected chi connectivity index (χ4v) is 3.65. The number of para-hydroxylation sites is 1. The maximum absolute atomic E-state index is 12.7. The Morgan fingerprint density at radius 3 is 2.73 bits per heavy atom. The molecule has 1 N–H and O–H groups in total. The van der Waals surface area contributed by atoms with Gasteiger partial charge in [0.15, 0.2) is 11.5 Å². The van der Waals surface area contributed by atoms with Crippen molar-refractivity contribution in [2.75, 3.05) is 25.1 Å². The lowest BCUT2D eigenvalue weighted by Gasteiger charge is -2.29. The Balaban J connectivity index is 1.33. The Labute approximate surface area is 150 Å². The Hall–Kier alpha value is -3.15. The van der Waals surface area contributed by atoms with E-state index in [1.54, 1.807) is 0 Å². The number of ether oxygens (including phenoxy) is 2. The number of nitrogens with one attached hydrogen (secondary N) is 1. The van der Waals surface area contributed by atoms with Gasteiger partial charge in [0.2, 0.25) is 0 Å². The molecular weight excluding hydrogens is 330 g/mol. The second-order valence-electron chi connectivity index (χ2n) is 6.56. The molecule has 0 bridgehead atoms. The molecule has 2 aliphatic heterocycles. The summed E-state index contributed by atoms with van der Waals surface area (Å²) in [7, 11) is 0. The van der Waals surface area contributed by atoms with Gasteiger partial charge in [-0.1, -0.05) is 18.2 Å². The largest absolute Gasteiger partial charge is 0.486 e. The van der Waals surface area contributed by atoms with Crippen LogP contribution in [0.15, 0.2) is 48.5 Å². The Kier molecular flexibility index (Phi) is 3.48. The molecule has 0 saturated carbocycles. The first kappa shape index (κ1) is 15.1. The molecule has 3 heterocycles. The van der Waals surface area contributed by atoms with Crippen molar-refractivity contribution in [2.45, 2.75) is 13.1 Å². The predicted molar refractivity (Wildman–Crippen MR) is 98.8 cm³/mol. The molecule has 6 nitrogen and oxygen atoms in total. The summed E-state index contributed by atoms with van der Waals surface area (Å²) in [6, 6.07) is 15.9. The minimum atomic E-state index is -0.0989. The van der Waals surface area contributed by atoms with Gasteiger partial charge in [-0.15, -0.1) is 0 Å². The summed E-state index contributed by atoms with van der Waals surface area (Å²) in [6.07, 6.45) is 0. The average Bonchev–Trinajstić information content (AvgIpc) is 3.05. The topological polar surface area (TPSA) is 55.7 Å². The molecule has 0 unspecified atom stereocenters. The van der Waals surface area contributed by atoms with Gasteiger partial charge >= 0.3 is 6.03 Å². The van der Waals surface area contributed by atoms with Gasteiger partial charge in [0.05, 0.1) is 6.54 Å². The monoisotopic (exact) mass is 349 g/mol. The summed E-state index contributed by atoms with van der Waals surface area (Å²) in [5.41, 5.74) is 3.11. The number of hydrogen-bond acceptors (Lipinski definition) is 3. The van der Waals surface area contributed by atoms with E-state index in [1.807, 2.05) is 29.2 Å². The van der Waals surface area contributed by atoms with Crippen LogP contribution < -0.4 is 14.8 Å². The summed E-state index contributed by atoms with van der Waals surface area (Å²) in [5, 5.41) is 4.19. The van der Waals surface area contributed by atoms with Gasteiger partial charge in [-0.25, -0.2) is 4.79 Å². The van der Waals surface area contributed by atoms with Crippen LogP contribution in [-0.2, 0) is 13.1 Å². The van der Waals surface area contributed by atoms with E-state index in [2.05, 4.69) is 34.1 Å². The summed E-state index contributed by atoms with van der Waals surface area (Å²) >= 11 is 0. The quantitative estimate of drug-likeness (QED) is 0.732. The maximum atomic E-state index is 12.7. The molecular formula is C20H19N3O3. The summed E-state index contributed by atoms with van der Waals surface area (Å²) in [6.45, 7) is 3.17. The molecule has 0 atom stereocenters. The fourth-order valence-electron chi connectivity index (χ4n) is 3.65. The number of carbonyl (C=O) groups excluding carboxylic acids is 1. The zero-order chi connectivity index (χ0) is 17.5. The molecule has 1 aromatic heterocycles. The number of benzene rings is 2. The van der Waals surface area contributed by atoms with Crippen LogP contribution in [-0.4, -0.2) is 35.3 Å². The average molecular weight is 349 g/mol. The number of anilines is 1. The number of urea groups is 1. The van der Waals surface area contributed by atoms with Gasteiger partial charge in [0, 0.05) is 36.1 Å². The molecule has 2 amide bonds. The van der Waals surface area contributed by atoms with Crippen molar-refractivity contribution in [3.05, 3.63) is 54.2 Å². The zero-order valence-corrected chi connectivity index (χ0v) is 14.3. The van der Waals surface area contributed by atoms with Gasteiger partial charge in [0.25, 0.3) is 0 Å². The van der Waals surface area contributed by atoms with Crippen molar-refractivity contribution in [1.82, 2.24) is 9.47 Å². The van der Waals surface area contributed by atoms with E-state index in [0.29, 0.717) is 37.7 Å². The van der Waals surface area contributed by atoms with Crippen LogP contribution >= 0.6 is 0 Å². The van der Waals surface area contributed by atoms with Gasteiger partial charge < -0.3 is 24.3 Å². The molecule has 132 valence electrons. The van der Waals surface area contributed by atoms with Crippen molar-refractivity contribution >= 4 is 22.6 Å². The first-order valence-corrected chi connectivity index (χ1v) is 8.81.